The van der Waals surface area contributed by atoms with E-state index in [0.29, 0.717) is 11.3 Å². The second-order valence-corrected chi connectivity index (χ2v) is 6.12. The van der Waals surface area contributed by atoms with Crippen LogP contribution in [-0.4, -0.2) is 30.4 Å². The smallest absolute Gasteiger partial charge is 0.333 e. The topological polar surface area (TPSA) is 55.8 Å². The first-order chi connectivity index (χ1) is 9.70. The van der Waals surface area contributed by atoms with E-state index in [9.17, 15) is 9.90 Å². The molecule has 1 aromatic rings. The summed E-state index contributed by atoms with van der Waals surface area (Å²) in [6, 6.07) is 7.74. The van der Waals surface area contributed by atoms with Crippen molar-refractivity contribution < 1.29 is 19.4 Å². The van der Waals surface area contributed by atoms with E-state index in [2.05, 4.69) is 27.4 Å². The average molecular weight is 292 g/mol. The van der Waals surface area contributed by atoms with E-state index in [0.717, 1.165) is 0 Å². The molecule has 1 atom stereocenters. The summed E-state index contributed by atoms with van der Waals surface area (Å²) in [5.41, 5.74) is 1.61. The molecule has 0 amide bonds. The quantitative estimate of drug-likeness (QED) is 0.647. The van der Waals surface area contributed by atoms with Gasteiger partial charge >= 0.3 is 5.97 Å². The molecule has 21 heavy (non-hydrogen) atoms. The Morgan fingerprint density at radius 3 is 2.29 bits per heavy atom. The molecule has 0 aliphatic heterocycles. The Hall–Kier alpha value is -1.81. The normalized spacial score (nSPS) is 12.6. The summed E-state index contributed by atoms with van der Waals surface area (Å²) in [4.78, 5) is 11.2. The van der Waals surface area contributed by atoms with Crippen molar-refractivity contribution in [3.63, 3.8) is 0 Å². The Morgan fingerprint density at radius 1 is 1.24 bits per heavy atom. The van der Waals surface area contributed by atoms with E-state index in [1.54, 1.807) is 6.92 Å². The SMILES string of the molecule is C=C(C)C(=O)OCC(O)COc1ccc(C(C)(C)C)cc1. The minimum Gasteiger partial charge on any atom is -0.491 e. The van der Waals surface area contributed by atoms with Crippen molar-refractivity contribution in [3.05, 3.63) is 42.0 Å². The van der Waals surface area contributed by atoms with E-state index in [4.69, 9.17) is 9.47 Å². The molecule has 1 rings (SSSR count). The van der Waals surface area contributed by atoms with Gasteiger partial charge in [0.1, 0.15) is 25.1 Å². The second-order valence-electron chi connectivity index (χ2n) is 6.12. The minimum absolute atomic E-state index is 0.0678. The summed E-state index contributed by atoms with van der Waals surface area (Å²) < 4.78 is 10.3. The van der Waals surface area contributed by atoms with E-state index >= 15 is 0 Å². The zero-order chi connectivity index (χ0) is 16.0. The zero-order valence-electron chi connectivity index (χ0n) is 13.2. The number of aliphatic hydroxyl groups excluding tert-OH is 1. The third-order valence-electron chi connectivity index (χ3n) is 2.92. The number of benzene rings is 1. The number of carbonyl (C=O) groups excluding carboxylic acids is 1. The van der Waals surface area contributed by atoms with Crippen LogP contribution in [0.3, 0.4) is 0 Å². The van der Waals surface area contributed by atoms with Gasteiger partial charge < -0.3 is 14.6 Å². The fourth-order valence-electron chi connectivity index (χ4n) is 1.59. The van der Waals surface area contributed by atoms with Gasteiger partial charge in [-0.05, 0) is 30.0 Å². The van der Waals surface area contributed by atoms with Crippen LogP contribution in [0.5, 0.6) is 5.75 Å². The molecule has 0 aromatic heterocycles. The molecule has 0 fully saturated rings. The highest BCUT2D eigenvalue weighted by Crippen LogP contribution is 2.24. The second kappa shape index (κ2) is 7.27. The molecular weight excluding hydrogens is 268 g/mol. The first kappa shape index (κ1) is 17.2. The summed E-state index contributed by atoms with van der Waals surface area (Å²) in [5.74, 6) is 0.164. The molecule has 0 spiro atoms. The molecule has 0 saturated carbocycles. The molecule has 0 aliphatic carbocycles. The predicted molar refractivity (Wildman–Crippen MR) is 82.4 cm³/mol. The van der Waals surface area contributed by atoms with Crippen molar-refractivity contribution in [2.75, 3.05) is 13.2 Å². The summed E-state index contributed by atoms with van der Waals surface area (Å²) in [6.07, 6.45) is -0.865. The van der Waals surface area contributed by atoms with E-state index in [1.807, 2.05) is 24.3 Å². The van der Waals surface area contributed by atoms with Gasteiger partial charge in [-0.1, -0.05) is 39.5 Å². The Morgan fingerprint density at radius 2 is 1.81 bits per heavy atom. The largest absolute Gasteiger partial charge is 0.491 e. The van der Waals surface area contributed by atoms with Crippen LogP contribution in [0.1, 0.15) is 33.3 Å². The maximum Gasteiger partial charge on any atom is 0.333 e. The monoisotopic (exact) mass is 292 g/mol. The molecule has 116 valence electrons. The average Bonchev–Trinajstić information content (AvgIpc) is 2.41. The number of hydrogen-bond donors (Lipinski definition) is 1. The Labute approximate surface area is 126 Å². The molecule has 0 aliphatic rings. The van der Waals surface area contributed by atoms with Crippen molar-refractivity contribution in [3.8, 4) is 5.75 Å². The number of aliphatic hydroxyl groups is 1. The fraction of sp³-hybridized carbons (Fsp3) is 0.471. The fourth-order valence-corrected chi connectivity index (χ4v) is 1.59. The van der Waals surface area contributed by atoms with Gasteiger partial charge in [0.2, 0.25) is 0 Å². The molecule has 4 nitrogen and oxygen atoms in total. The van der Waals surface area contributed by atoms with E-state index < -0.39 is 12.1 Å². The lowest BCUT2D eigenvalue weighted by atomic mass is 9.87. The summed E-state index contributed by atoms with van der Waals surface area (Å²) in [5, 5.41) is 9.69. The zero-order valence-corrected chi connectivity index (χ0v) is 13.2. The maximum absolute atomic E-state index is 11.2. The van der Waals surface area contributed by atoms with Crippen LogP contribution >= 0.6 is 0 Å². The van der Waals surface area contributed by atoms with Gasteiger partial charge in [-0.2, -0.15) is 0 Å². The van der Waals surface area contributed by atoms with Crippen LogP contribution in [0, 0.1) is 0 Å². The van der Waals surface area contributed by atoms with Gasteiger partial charge in [0.25, 0.3) is 0 Å². The van der Waals surface area contributed by atoms with Gasteiger partial charge in [-0.25, -0.2) is 4.79 Å². The van der Waals surface area contributed by atoms with Gasteiger partial charge in [-0.15, -0.1) is 0 Å². The van der Waals surface area contributed by atoms with Gasteiger partial charge in [0.05, 0.1) is 0 Å². The minimum atomic E-state index is -0.865. The van der Waals surface area contributed by atoms with Crippen molar-refractivity contribution in [2.45, 2.75) is 39.2 Å². The van der Waals surface area contributed by atoms with Crippen molar-refractivity contribution >= 4 is 5.97 Å². The third-order valence-corrected chi connectivity index (χ3v) is 2.92. The van der Waals surface area contributed by atoms with Crippen LogP contribution in [-0.2, 0) is 14.9 Å². The summed E-state index contributed by atoms with van der Waals surface area (Å²) >= 11 is 0. The van der Waals surface area contributed by atoms with Gasteiger partial charge in [0.15, 0.2) is 0 Å². The highest BCUT2D eigenvalue weighted by Gasteiger charge is 2.14. The Bertz CT molecular complexity index is 483. The highest BCUT2D eigenvalue weighted by molar-refractivity contribution is 5.86. The van der Waals surface area contributed by atoms with Crippen molar-refractivity contribution in [1.29, 1.82) is 0 Å². The summed E-state index contributed by atoms with van der Waals surface area (Å²) in [7, 11) is 0. The first-order valence-corrected chi connectivity index (χ1v) is 6.94. The Kier molecular flexibility index (Phi) is 5.97. The van der Waals surface area contributed by atoms with Crippen molar-refractivity contribution in [2.24, 2.45) is 0 Å². The number of rotatable bonds is 6. The molecule has 0 heterocycles. The van der Waals surface area contributed by atoms with Crippen LogP contribution < -0.4 is 4.74 Å². The number of esters is 1. The molecule has 0 saturated heterocycles. The van der Waals surface area contributed by atoms with Crippen LogP contribution in [0.2, 0.25) is 0 Å². The standard InChI is InChI=1S/C17H24O4/c1-12(2)16(19)21-11-14(18)10-20-15-8-6-13(7-9-15)17(3,4)5/h6-9,14,18H,1,10-11H2,2-5H3. The molecule has 4 heteroatoms. The lowest BCUT2D eigenvalue weighted by Crippen LogP contribution is -2.25. The van der Waals surface area contributed by atoms with Crippen LogP contribution in [0.25, 0.3) is 0 Å². The maximum atomic E-state index is 11.2. The number of carbonyl (C=O) groups is 1. The third kappa shape index (κ3) is 6.00. The molecule has 1 aromatic carbocycles. The summed E-state index contributed by atoms with van der Waals surface area (Å²) in [6.45, 7) is 11.4. The van der Waals surface area contributed by atoms with Crippen molar-refractivity contribution in [1.82, 2.24) is 0 Å². The lowest BCUT2D eigenvalue weighted by Gasteiger charge is -2.19. The molecule has 0 bridgehead atoms. The van der Waals surface area contributed by atoms with Gasteiger partial charge in [-0.3, -0.25) is 0 Å². The molecule has 1 unspecified atom stereocenters. The molecule has 1 N–H and O–H groups in total. The van der Waals surface area contributed by atoms with Crippen LogP contribution in [0.4, 0.5) is 0 Å². The van der Waals surface area contributed by atoms with Crippen LogP contribution in [0.15, 0.2) is 36.4 Å². The highest BCUT2D eigenvalue weighted by atomic mass is 16.5. The van der Waals surface area contributed by atoms with E-state index in [-0.39, 0.29) is 18.6 Å². The first-order valence-electron chi connectivity index (χ1n) is 6.94. The molecule has 0 radical (unpaired) electrons. The number of hydrogen-bond acceptors (Lipinski definition) is 4. The number of ether oxygens (including phenoxy) is 2. The lowest BCUT2D eigenvalue weighted by molar-refractivity contribution is -0.142. The van der Waals surface area contributed by atoms with E-state index in [1.165, 1.54) is 5.56 Å². The Balaban J connectivity index is 2.41. The van der Waals surface area contributed by atoms with Gasteiger partial charge in [0, 0.05) is 5.57 Å². The predicted octanol–water partition coefficient (Wildman–Crippen LogP) is 2.84. The molecular formula is C17H24O4.